The molecule has 1 atom stereocenters. The van der Waals surface area contributed by atoms with Crippen LogP contribution in [-0.4, -0.2) is 65.8 Å². The molecule has 1 saturated heterocycles. The molecule has 6 heteroatoms. The first-order chi connectivity index (χ1) is 12.0. The molecule has 140 valence electrons. The lowest BCUT2D eigenvalue weighted by Gasteiger charge is -2.38. The maximum absolute atomic E-state index is 11.0. The largest absolute Gasteiger partial charge is 0.490 e. The fraction of sp³-hybridized carbons (Fsp3) is 0.684. The summed E-state index contributed by atoms with van der Waals surface area (Å²) in [5.74, 6) is 0.666. The second-order valence-electron chi connectivity index (χ2n) is 7.52. The van der Waals surface area contributed by atoms with Crippen LogP contribution in [0.3, 0.4) is 0 Å². The molecule has 0 bridgehead atoms. The molecule has 1 aliphatic heterocycles. The number of benzene rings is 1. The van der Waals surface area contributed by atoms with Gasteiger partial charge in [0.05, 0.1) is 18.8 Å². The molecule has 2 N–H and O–H groups in total. The van der Waals surface area contributed by atoms with Gasteiger partial charge in [-0.1, -0.05) is 30.9 Å². The minimum absolute atomic E-state index is 0.142. The number of halogens is 1. The molecule has 25 heavy (non-hydrogen) atoms. The first kappa shape index (κ1) is 18.9. The maximum atomic E-state index is 11.0. The van der Waals surface area contributed by atoms with Crippen molar-refractivity contribution in [1.29, 1.82) is 0 Å². The molecule has 1 aromatic carbocycles. The highest BCUT2D eigenvalue weighted by Gasteiger charge is 2.37. The third-order valence-electron chi connectivity index (χ3n) is 5.06. The molecule has 0 radical (unpaired) electrons. The number of rotatable bonds is 5. The Balaban J connectivity index is 1.58. The highest BCUT2D eigenvalue weighted by Crippen LogP contribution is 2.29. The Bertz CT molecular complexity index is 547. The summed E-state index contributed by atoms with van der Waals surface area (Å²) in [7, 11) is 0. The molecule has 0 amide bonds. The molecule has 2 fully saturated rings. The van der Waals surface area contributed by atoms with E-state index in [-0.39, 0.29) is 13.2 Å². The Morgan fingerprint density at radius 1 is 1.08 bits per heavy atom. The molecule has 3 rings (SSSR count). The third kappa shape index (κ3) is 5.56. The molecule has 2 aliphatic rings. The Kier molecular flexibility index (Phi) is 6.23. The van der Waals surface area contributed by atoms with E-state index in [1.807, 2.05) is 0 Å². The predicted molar refractivity (Wildman–Crippen MR) is 97.2 cm³/mol. The molecular weight excluding hydrogens is 342 g/mol. The average molecular weight is 370 g/mol. The van der Waals surface area contributed by atoms with Crippen molar-refractivity contribution in [3.05, 3.63) is 29.3 Å². The topological polar surface area (TPSA) is 62.2 Å². The van der Waals surface area contributed by atoms with E-state index in [0.29, 0.717) is 37.0 Å². The van der Waals surface area contributed by atoms with Crippen LogP contribution >= 0.6 is 11.6 Å². The summed E-state index contributed by atoms with van der Waals surface area (Å²) < 4.78 is 11.3. The van der Waals surface area contributed by atoms with E-state index in [2.05, 4.69) is 4.90 Å². The van der Waals surface area contributed by atoms with Crippen LogP contribution in [-0.2, 0) is 4.74 Å². The van der Waals surface area contributed by atoms with Crippen LogP contribution < -0.4 is 4.74 Å². The van der Waals surface area contributed by atoms with Crippen LogP contribution in [0.5, 0.6) is 5.75 Å². The van der Waals surface area contributed by atoms with Gasteiger partial charge in [0.2, 0.25) is 0 Å². The van der Waals surface area contributed by atoms with Gasteiger partial charge >= 0.3 is 0 Å². The van der Waals surface area contributed by atoms with Crippen LogP contribution in [0, 0.1) is 0 Å². The number of aliphatic hydroxyl groups is 2. The van der Waals surface area contributed by atoms with Crippen molar-refractivity contribution in [2.24, 2.45) is 0 Å². The van der Waals surface area contributed by atoms with Crippen molar-refractivity contribution in [3.8, 4) is 5.75 Å². The Morgan fingerprint density at radius 2 is 1.80 bits per heavy atom. The molecular formula is C19H28ClNO4. The third-order valence-corrected chi connectivity index (χ3v) is 5.32. The minimum atomic E-state index is -1.10. The van der Waals surface area contributed by atoms with Gasteiger partial charge in [-0.2, -0.15) is 0 Å². The minimum Gasteiger partial charge on any atom is -0.490 e. The summed E-state index contributed by atoms with van der Waals surface area (Å²) in [5, 5.41) is 22.4. The summed E-state index contributed by atoms with van der Waals surface area (Å²) in [6.07, 6.45) is 5.02. The summed E-state index contributed by atoms with van der Waals surface area (Å²) in [6.45, 7) is 2.66. The molecule has 5 nitrogen and oxygen atoms in total. The highest BCUT2D eigenvalue weighted by molar-refractivity contribution is 6.30. The van der Waals surface area contributed by atoms with Gasteiger partial charge < -0.3 is 19.7 Å². The first-order valence-electron chi connectivity index (χ1n) is 9.10. The SMILES string of the molecule is OC1(CN2CCOC[C@](O)(COc3ccc(Cl)cc3)C2)CCCCC1. The van der Waals surface area contributed by atoms with Gasteiger partial charge in [0, 0.05) is 24.7 Å². The van der Waals surface area contributed by atoms with Gasteiger partial charge in [-0.25, -0.2) is 0 Å². The van der Waals surface area contributed by atoms with E-state index in [4.69, 9.17) is 21.1 Å². The Hall–Kier alpha value is -0.850. The van der Waals surface area contributed by atoms with Crippen LogP contribution in [0.4, 0.5) is 0 Å². The fourth-order valence-corrected chi connectivity index (χ4v) is 3.88. The molecule has 0 unspecified atom stereocenters. The van der Waals surface area contributed by atoms with Gasteiger partial charge in [0.15, 0.2) is 0 Å². The molecule has 0 spiro atoms. The van der Waals surface area contributed by atoms with Crippen molar-refractivity contribution in [2.45, 2.75) is 43.3 Å². The van der Waals surface area contributed by atoms with Gasteiger partial charge in [-0.15, -0.1) is 0 Å². The number of β-amino-alcohol motifs (C(OH)–C–C–N with tert-alkyl or cyclic N) is 2. The van der Waals surface area contributed by atoms with Crippen LogP contribution in [0.2, 0.25) is 5.02 Å². The van der Waals surface area contributed by atoms with Crippen molar-refractivity contribution in [1.82, 2.24) is 4.90 Å². The standard InChI is InChI=1S/C19H28ClNO4/c20-16-4-6-17(7-5-16)25-15-19(23)13-21(10-11-24-14-19)12-18(22)8-2-1-3-9-18/h4-7,22-23H,1-3,8-15H2/t19-/m0/s1. The summed E-state index contributed by atoms with van der Waals surface area (Å²) in [5.41, 5.74) is -1.73. The van der Waals surface area contributed by atoms with E-state index >= 15 is 0 Å². The van der Waals surface area contributed by atoms with Gasteiger partial charge in [-0.05, 0) is 37.1 Å². The lowest BCUT2D eigenvalue weighted by Crippen LogP contribution is -2.53. The van der Waals surface area contributed by atoms with E-state index in [1.165, 1.54) is 6.42 Å². The lowest BCUT2D eigenvalue weighted by atomic mass is 9.84. The predicted octanol–water partition coefficient (Wildman–Crippen LogP) is 2.48. The van der Waals surface area contributed by atoms with E-state index in [0.717, 1.165) is 25.7 Å². The number of hydrogen-bond donors (Lipinski definition) is 2. The van der Waals surface area contributed by atoms with Gasteiger partial charge in [0.25, 0.3) is 0 Å². The average Bonchev–Trinajstić information content (AvgIpc) is 2.76. The smallest absolute Gasteiger partial charge is 0.134 e. The number of ether oxygens (including phenoxy) is 2. The maximum Gasteiger partial charge on any atom is 0.134 e. The Labute approximate surface area is 154 Å². The quantitative estimate of drug-likeness (QED) is 0.834. The zero-order chi connectivity index (χ0) is 17.8. The number of hydrogen-bond acceptors (Lipinski definition) is 5. The molecule has 1 heterocycles. The Morgan fingerprint density at radius 3 is 2.52 bits per heavy atom. The molecule has 1 saturated carbocycles. The summed E-state index contributed by atoms with van der Waals surface area (Å²) in [4.78, 5) is 2.11. The van der Waals surface area contributed by atoms with Crippen molar-refractivity contribution in [2.75, 3.05) is 39.5 Å². The van der Waals surface area contributed by atoms with Crippen molar-refractivity contribution >= 4 is 11.6 Å². The van der Waals surface area contributed by atoms with E-state index in [9.17, 15) is 10.2 Å². The normalized spacial score (nSPS) is 27.6. The first-order valence-corrected chi connectivity index (χ1v) is 9.48. The summed E-state index contributed by atoms with van der Waals surface area (Å²) in [6, 6.07) is 7.09. The summed E-state index contributed by atoms with van der Waals surface area (Å²) >= 11 is 5.88. The van der Waals surface area contributed by atoms with Crippen LogP contribution in [0.15, 0.2) is 24.3 Å². The van der Waals surface area contributed by atoms with Gasteiger partial charge in [-0.3, -0.25) is 4.90 Å². The second-order valence-corrected chi connectivity index (χ2v) is 7.95. The van der Waals surface area contributed by atoms with Crippen LogP contribution in [0.1, 0.15) is 32.1 Å². The van der Waals surface area contributed by atoms with Crippen molar-refractivity contribution in [3.63, 3.8) is 0 Å². The van der Waals surface area contributed by atoms with Crippen molar-refractivity contribution < 1.29 is 19.7 Å². The highest BCUT2D eigenvalue weighted by atomic mass is 35.5. The monoisotopic (exact) mass is 369 g/mol. The lowest BCUT2D eigenvalue weighted by molar-refractivity contribution is -0.0759. The van der Waals surface area contributed by atoms with Gasteiger partial charge in [0.1, 0.15) is 18.0 Å². The van der Waals surface area contributed by atoms with Crippen LogP contribution in [0.25, 0.3) is 0 Å². The van der Waals surface area contributed by atoms with E-state index < -0.39 is 11.2 Å². The molecule has 1 aromatic rings. The van der Waals surface area contributed by atoms with E-state index in [1.54, 1.807) is 24.3 Å². The zero-order valence-corrected chi connectivity index (χ0v) is 15.4. The molecule has 1 aliphatic carbocycles. The zero-order valence-electron chi connectivity index (χ0n) is 14.6. The second kappa shape index (κ2) is 8.23. The number of nitrogens with zero attached hydrogens (tertiary/aromatic N) is 1. The fourth-order valence-electron chi connectivity index (χ4n) is 3.75. The molecule has 0 aromatic heterocycles.